The third kappa shape index (κ3) is 6.09. The predicted octanol–water partition coefficient (Wildman–Crippen LogP) is 0.525. The minimum atomic E-state index is -1.79. The summed E-state index contributed by atoms with van der Waals surface area (Å²) in [5.74, 6) is -1.53. The van der Waals surface area contributed by atoms with Crippen LogP contribution in [-0.2, 0) is 18.9 Å². The highest BCUT2D eigenvalue weighted by atomic mass is 16.7. The number of carbonyl (C=O) groups excluding carboxylic acids is 2. The molecule has 3 N–H and O–H groups in total. The van der Waals surface area contributed by atoms with E-state index in [9.17, 15) is 24.9 Å². The molecule has 2 aromatic rings. The molecule has 1 saturated heterocycles. The van der Waals surface area contributed by atoms with Gasteiger partial charge in [0, 0.05) is 0 Å². The Bertz CT molecular complexity index is 837. The molecular formula is C22H24O9. The molecule has 3 rings (SSSR count). The maximum absolute atomic E-state index is 12.5. The van der Waals surface area contributed by atoms with Crippen LogP contribution in [0.1, 0.15) is 20.7 Å². The van der Waals surface area contributed by atoms with E-state index in [1.165, 1.54) is 24.3 Å². The van der Waals surface area contributed by atoms with Gasteiger partial charge in [0.15, 0.2) is 12.4 Å². The molecule has 1 heterocycles. The zero-order valence-corrected chi connectivity index (χ0v) is 16.6. The van der Waals surface area contributed by atoms with E-state index in [2.05, 4.69) is 0 Å². The highest BCUT2D eigenvalue weighted by Crippen LogP contribution is 2.20. The molecule has 1 fully saturated rings. The molecule has 0 bridgehead atoms. The van der Waals surface area contributed by atoms with Crippen molar-refractivity contribution in [2.24, 2.45) is 0 Å². The van der Waals surface area contributed by atoms with E-state index in [0.29, 0.717) is 0 Å². The van der Waals surface area contributed by atoms with Crippen LogP contribution in [0.3, 0.4) is 0 Å². The SMILES string of the molecule is O=C(OC[C@@H](O)[C@@H](O)[C@H](OC(=O)c1ccccc1)[C@@H](O)C1OCCO1)c1ccccc1. The van der Waals surface area contributed by atoms with Gasteiger partial charge >= 0.3 is 11.9 Å². The van der Waals surface area contributed by atoms with Gasteiger partial charge in [-0.2, -0.15) is 0 Å². The number of aliphatic hydroxyl groups excluding tert-OH is 3. The monoisotopic (exact) mass is 432 g/mol. The zero-order chi connectivity index (χ0) is 22.2. The third-order valence-electron chi connectivity index (χ3n) is 4.64. The lowest BCUT2D eigenvalue weighted by Crippen LogP contribution is -2.52. The number of esters is 2. The summed E-state index contributed by atoms with van der Waals surface area (Å²) in [6, 6.07) is 16.1. The van der Waals surface area contributed by atoms with Crippen LogP contribution < -0.4 is 0 Å². The first-order chi connectivity index (χ1) is 15.0. The molecule has 166 valence electrons. The van der Waals surface area contributed by atoms with Gasteiger partial charge in [0.05, 0.1) is 24.3 Å². The van der Waals surface area contributed by atoms with E-state index in [0.717, 1.165) is 0 Å². The van der Waals surface area contributed by atoms with E-state index in [1.807, 2.05) is 0 Å². The molecule has 0 aliphatic carbocycles. The van der Waals surface area contributed by atoms with Gasteiger partial charge < -0.3 is 34.3 Å². The van der Waals surface area contributed by atoms with Crippen LogP contribution >= 0.6 is 0 Å². The van der Waals surface area contributed by atoms with Crippen LogP contribution in [-0.4, -0.2) is 77.8 Å². The van der Waals surface area contributed by atoms with Crippen molar-refractivity contribution in [3.05, 3.63) is 71.8 Å². The number of rotatable bonds is 9. The molecule has 0 saturated carbocycles. The minimum Gasteiger partial charge on any atom is -0.459 e. The average Bonchev–Trinajstić information content (AvgIpc) is 3.36. The van der Waals surface area contributed by atoms with E-state index in [1.54, 1.807) is 36.4 Å². The van der Waals surface area contributed by atoms with Crippen LogP contribution in [0, 0.1) is 0 Å². The van der Waals surface area contributed by atoms with E-state index < -0.39 is 49.3 Å². The Labute approximate surface area is 178 Å². The van der Waals surface area contributed by atoms with Crippen LogP contribution in [0.5, 0.6) is 0 Å². The summed E-state index contributed by atoms with van der Waals surface area (Å²) in [7, 11) is 0. The molecule has 0 spiro atoms. The molecule has 0 aromatic heterocycles. The molecule has 1 aliphatic heterocycles. The summed E-state index contributed by atoms with van der Waals surface area (Å²) < 4.78 is 20.8. The number of carbonyl (C=O) groups is 2. The Balaban J connectivity index is 1.67. The smallest absolute Gasteiger partial charge is 0.338 e. The number of hydrogen-bond donors (Lipinski definition) is 3. The fraction of sp³-hybridized carbons (Fsp3) is 0.364. The Kier molecular flexibility index (Phi) is 8.10. The first kappa shape index (κ1) is 22.9. The largest absolute Gasteiger partial charge is 0.459 e. The zero-order valence-electron chi connectivity index (χ0n) is 16.6. The first-order valence-electron chi connectivity index (χ1n) is 9.73. The highest BCUT2D eigenvalue weighted by molar-refractivity contribution is 5.89. The highest BCUT2D eigenvalue weighted by Gasteiger charge is 2.42. The number of ether oxygens (including phenoxy) is 4. The maximum Gasteiger partial charge on any atom is 0.338 e. The lowest BCUT2D eigenvalue weighted by atomic mass is 10.0. The first-order valence-corrected chi connectivity index (χ1v) is 9.73. The molecule has 0 unspecified atom stereocenters. The Morgan fingerprint density at radius 2 is 1.39 bits per heavy atom. The molecule has 4 atom stereocenters. The van der Waals surface area contributed by atoms with Gasteiger partial charge in [0.2, 0.25) is 0 Å². The number of benzene rings is 2. The normalized spacial score (nSPS) is 18.0. The molecule has 9 nitrogen and oxygen atoms in total. The Morgan fingerprint density at radius 3 is 1.94 bits per heavy atom. The third-order valence-corrected chi connectivity index (χ3v) is 4.64. The fourth-order valence-corrected chi connectivity index (χ4v) is 2.97. The van der Waals surface area contributed by atoms with Crippen molar-refractivity contribution >= 4 is 11.9 Å². The molecule has 9 heteroatoms. The van der Waals surface area contributed by atoms with Crippen LogP contribution in [0.25, 0.3) is 0 Å². The van der Waals surface area contributed by atoms with Crippen molar-refractivity contribution in [1.29, 1.82) is 0 Å². The summed E-state index contributed by atoms with van der Waals surface area (Å²) in [5.41, 5.74) is 0.453. The standard InChI is InChI=1S/C22H24O9/c23-16(13-30-20(26)14-7-3-1-4-8-14)17(24)19(18(25)22-28-11-12-29-22)31-21(27)15-9-5-2-6-10-15/h1-10,16-19,22-25H,11-13H2/t16-,17-,18-,19+/m1/s1. The van der Waals surface area contributed by atoms with E-state index in [4.69, 9.17) is 18.9 Å². The van der Waals surface area contributed by atoms with Crippen LogP contribution in [0.2, 0.25) is 0 Å². The molecule has 0 amide bonds. The molecular weight excluding hydrogens is 408 g/mol. The van der Waals surface area contributed by atoms with Crippen molar-refractivity contribution in [2.45, 2.75) is 30.7 Å². The summed E-state index contributed by atoms with van der Waals surface area (Å²) in [5, 5.41) is 31.5. The maximum atomic E-state index is 12.5. The van der Waals surface area contributed by atoms with Gasteiger partial charge in [-0.3, -0.25) is 0 Å². The second kappa shape index (κ2) is 11.0. The second-order valence-corrected chi connectivity index (χ2v) is 6.86. The van der Waals surface area contributed by atoms with Gasteiger partial charge in [-0.1, -0.05) is 36.4 Å². The lowest BCUT2D eigenvalue weighted by Gasteiger charge is -2.31. The number of hydrogen-bond acceptors (Lipinski definition) is 9. The van der Waals surface area contributed by atoms with Gasteiger partial charge in [-0.25, -0.2) is 9.59 Å². The van der Waals surface area contributed by atoms with Crippen molar-refractivity contribution in [3.8, 4) is 0 Å². The molecule has 1 aliphatic rings. The van der Waals surface area contributed by atoms with Crippen LogP contribution in [0.15, 0.2) is 60.7 Å². The number of aliphatic hydroxyl groups is 3. The van der Waals surface area contributed by atoms with Crippen molar-refractivity contribution in [1.82, 2.24) is 0 Å². The van der Waals surface area contributed by atoms with Gasteiger partial charge in [0.1, 0.15) is 24.9 Å². The van der Waals surface area contributed by atoms with E-state index >= 15 is 0 Å². The summed E-state index contributed by atoms with van der Waals surface area (Å²) in [6.07, 6.45) is -7.80. The second-order valence-electron chi connectivity index (χ2n) is 6.86. The van der Waals surface area contributed by atoms with Crippen molar-refractivity contribution < 1.29 is 43.9 Å². The lowest BCUT2D eigenvalue weighted by molar-refractivity contribution is -0.189. The summed E-state index contributed by atoms with van der Waals surface area (Å²) in [6.45, 7) is -0.157. The van der Waals surface area contributed by atoms with E-state index in [-0.39, 0.29) is 24.3 Å². The molecule has 0 radical (unpaired) electrons. The summed E-state index contributed by atoms with van der Waals surface area (Å²) in [4.78, 5) is 24.5. The van der Waals surface area contributed by atoms with Crippen LogP contribution in [0.4, 0.5) is 0 Å². The van der Waals surface area contributed by atoms with Gasteiger partial charge in [-0.15, -0.1) is 0 Å². The van der Waals surface area contributed by atoms with Crippen molar-refractivity contribution in [3.63, 3.8) is 0 Å². The fourth-order valence-electron chi connectivity index (χ4n) is 2.97. The molecule has 2 aromatic carbocycles. The Hall–Kier alpha value is -2.82. The summed E-state index contributed by atoms with van der Waals surface area (Å²) >= 11 is 0. The van der Waals surface area contributed by atoms with Gasteiger partial charge in [-0.05, 0) is 24.3 Å². The molecule has 31 heavy (non-hydrogen) atoms. The Morgan fingerprint density at radius 1 is 0.871 bits per heavy atom. The van der Waals surface area contributed by atoms with Gasteiger partial charge in [0.25, 0.3) is 0 Å². The topological polar surface area (TPSA) is 132 Å². The average molecular weight is 432 g/mol. The quantitative estimate of drug-likeness (QED) is 0.485. The predicted molar refractivity (Wildman–Crippen MR) is 106 cm³/mol. The minimum absolute atomic E-state index is 0.185. The van der Waals surface area contributed by atoms with Crippen molar-refractivity contribution in [2.75, 3.05) is 19.8 Å².